The summed E-state index contributed by atoms with van der Waals surface area (Å²) in [5.74, 6) is 0.824. The lowest BCUT2D eigenvalue weighted by atomic mass is 10.3. The van der Waals surface area contributed by atoms with Crippen LogP contribution in [0.15, 0.2) is 23.1 Å². The van der Waals surface area contributed by atoms with Crippen molar-refractivity contribution in [3.8, 4) is 0 Å². The molecule has 1 atom stereocenters. The van der Waals surface area contributed by atoms with E-state index in [0.717, 1.165) is 12.2 Å². The second-order valence-electron chi connectivity index (χ2n) is 4.45. The molecule has 0 aromatic heterocycles. The number of thioether (sulfide) groups is 1. The largest absolute Gasteiger partial charge is 0.399 e. The van der Waals surface area contributed by atoms with Crippen LogP contribution in [0.25, 0.3) is 0 Å². The third-order valence-corrected chi connectivity index (χ3v) is 6.85. The molecule has 1 fully saturated rings. The fourth-order valence-electron chi connectivity index (χ4n) is 2.02. The van der Waals surface area contributed by atoms with Crippen molar-refractivity contribution < 1.29 is 8.42 Å². The highest BCUT2D eigenvalue weighted by Gasteiger charge is 2.31. The third kappa shape index (κ3) is 3.18. The van der Waals surface area contributed by atoms with Crippen molar-refractivity contribution in [1.82, 2.24) is 4.31 Å². The summed E-state index contributed by atoms with van der Waals surface area (Å²) in [6.45, 7) is 3.15. The highest BCUT2D eigenvalue weighted by molar-refractivity contribution is 8.00. The lowest BCUT2D eigenvalue weighted by Crippen LogP contribution is -2.41. The second-order valence-corrected chi connectivity index (χ2v) is 8.18. The average molecular weight is 321 g/mol. The van der Waals surface area contributed by atoms with E-state index in [0.29, 0.717) is 24.0 Å². The van der Waals surface area contributed by atoms with Crippen molar-refractivity contribution in [1.29, 1.82) is 0 Å². The van der Waals surface area contributed by atoms with E-state index in [4.69, 9.17) is 17.3 Å². The number of hydrogen-bond acceptors (Lipinski definition) is 4. The van der Waals surface area contributed by atoms with Crippen LogP contribution in [0.5, 0.6) is 0 Å². The Labute approximate surface area is 123 Å². The molecule has 7 heteroatoms. The van der Waals surface area contributed by atoms with Crippen molar-refractivity contribution in [3.63, 3.8) is 0 Å². The number of sulfonamides is 1. The first-order chi connectivity index (χ1) is 8.95. The summed E-state index contributed by atoms with van der Waals surface area (Å²) in [4.78, 5) is 0.144. The van der Waals surface area contributed by atoms with Crippen molar-refractivity contribution in [2.75, 3.05) is 24.6 Å². The highest BCUT2D eigenvalue weighted by atomic mass is 35.5. The minimum absolute atomic E-state index is 0.144. The molecule has 0 bridgehead atoms. The molecule has 2 N–H and O–H groups in total. The Morgan fingerprint density at radius 3 is 2.89 bits per heavy atom. The number of anilines is 1. The number of rotatable bonds is 3. The smallest absolute Gasteiger partial charge is 0.244 e. The van der Waals surface area contributed by atoms with Crippen LogP contribution in [0.3, 0.4) is 0 Å². The molecule has 0 radical (unpaired) electrons. The fraction of sp³-hybridized carbons (Fsp3) is 0.500. The van der Waals surface area contributed by atoms with Gasteiger partial charge in [0.05, 0.1) is 5.02 Å². The fourth-order valence-corrected chi connectivity index (χ4v) is 5.43. The zero-order valence-corrected chi connectivity index (χ0v) is 13.1. The molecule has 0 spiro atoms. The van der Waals surface area contributed by atoms with Gasteiger partial charge < -0.3 is 5.73 Å². The maximum atomic E-state index is 12.6. The number of nitrogens with two attached hydrogens (primary N) is 1. The first kappa shape index (κ1) is 15.0. The van der Waals surface area contributed by atoms with Crippen LogP contribution < -0.4 is 5.73 Å². The van der Waals surface area contributed by atoms with E-state index in [1.54, 1.807) is 6.07 Å². The van der Waals surface area contributed by atoms with Gasteiger partial charge in [-0.1, -0.05) is 18.5 Å². The predicted molar refractivity (Wildman–Crippen MR) is 81.2 cm³/mol. The van der Waals surface area contributed by atoms with Gasteiger partial charge in [-0.25, -0.2) is 8.42 Å². The quantitative estimate of drug-likeness (QED) is 0.869. The summed E-state index contributed by atoms with van der Waals surface area (Å²) in [6.07, 6.45) is 0.964. The summed E-state index contributed by atoms with van der Waals surface area (Å²) in [6, 6.07) is 4.52. The zero-order valence-electron chi connectivity index (χ0n) is 10.7. The number of nitrogens with zero attached hydrogens (tertiary/aromatic N) is 1. The third-order valence-electron chi connectivity index (χ3n) is 3.13. The van der Waals surface area contributed by atoms with Gasteiger partial charge in [-0.2, -0.15) is 16.1 Å². The Hall–Kier alpha value is -0.430. The molecule has 106 valence electrons. The molecule has 1 aromatic carbocycles. The summed E-state index contributed by atoms with van der Waals surface area (Å²) < 4.78 is 26.7. The Bertz CT molecular complexity index is 563. The van der Waals surface area contributed by atoms with Gasteiger partial charge in [0.1, 0.15) is 4.90 Å². The van der Waals surface area contributed by atoms with Crippen LogP contribution in [0, 0.1) is 0 Å². The molecule has 19 heavy (non-hydrogen) atoms. The van der Waals surface area contributed by atoms with Gasteiger partial charge in [0.2, 0.25) is 10.0 Å². The first-order valence-corrected chi connectivity index (χ1v) is 8.98. The SMILES string of the molecule is CCC1CN(S(=O)(=O)c2ccc(N)cc2Cl)CCS1. The Kier molecular flexibility index (Phi) is 4.66. The molecule has 1 unspecified atom stereocenters. The van der Waals surface area contributed by atoms with E-state index in [-0.39, 0.29) is 9.92 Å². The van der Waals surface area contributed by atoms with E-state index >= 15 is 0 Å². The van der Waals surface area contributed by atoms with Gasteiger partial charge in [0.15, 0.2) is 0 Å². The van der Waals surface area contributed by atoms with E-state index in [1.807, 2.05) is 11.8 Å². The van der Waals surface area contributed by atoms with Gasteiger partial charge in [0, 0.05) is 29.8 Å². The number of hydrogen-bond donors (Lipinski definition) is 1. The topological polar surface area (TPSA) is 63.4 Å². The van der Waals surface area contributed by atoms with Crippen molar-refractivity contribution in [2.45, 2.75) is 23.5 Å². The van der Waals surface area contributed by atoms with Crippen LogP contribution in [0.2, 0.25) is 5.02 Å². The average Bonchev–Trinajstić information content (AvgIpc) is 2.38. The van der Waals surface area contributed by atoms with Gasteiger partial charge in [0.25, 0.3) is 0 Å². The molecule has 0 aliphatic carbocycles. The molecule has 1 saturated heterocycles. The minimum Gasteiger partial charge on any atom is -0.399 e. The Morgan fingerprint density at radius 1 is 1.53 bits per heavy atom. The highest BCUT2D eigenvalue weighted by Crippen LogP contribution is 2.30. The number of nitrogen functional groups attached to an aromatic ring is 1. The lowest BCUT2D eigenvalue weighted by molar-refractivity contribution is 0.416. The first-order valence-electron chi connectivity index (χ1n) is 6.12. The van der Waals surface area contributed by atoms with Crippen LogP contribution >= 0.6 is 23.4 Å². The van der Waals surface area contributed by atoms with Crippen LogP contribution in [0.4, 0.5) is 5.69 Å². The summed E-state index contributed by atoms with van der Waals surface area (Å²) in [7, 11) is -3.52. The van der Waals surface area contributed by atoms with E-state index in [2.05, 4.69) is 6.92 Å². The molecule has 4 nitrogen and oxygen atoms in total. The summed E-state index contributed by atoms with van der Waals surface area (Å²) >= 11 is 7.84. The maximum absolute atomic E-state index is 12.6. The van der Waals surface area contributed by atoms with E-state index in [1.165, 1.54) is 16.4 Å². The second kappa shape index (κ2) is 5.91. The monoisotopic (exact) mass is 320 g/mol. The lowest BCUT2D eigenvalue weighted by Gasteiger charge is -2.31. The van der Waals surface area contributed by atoms with Gasteiger partial charge in [-0.3, -0.25) is 0 Å². The molecular formula is C12H17ClN2O2S2. The molecule has 1 aromatic rings. The minimum atomic E-state index is -3.52. The van der Waals surface area contributed by atoms with Gasteiger partial charge in [-0.15, -0.1) is 0 Å². The molecule has 1 aliphatic heterocycles. The summed E-state index contributed by atoms with van der Waals surface area (Å²) in [5, 5.41) is 0.544. The van der Waals surface area contributed by atoms with E-state index < -0.39 is 10.0 Å². The van der Waals surface area contributed by atoms with Crippen molar-refractivity contribution in [3.05, 3.63) is 23.2 Å². The maximum Gasteiger partial charge on any atom is 0.244 e. The standard InChI is InChI=1S/C12H17ClN2O2S2/c1-2-10-8-15(5-6-18-10)19(16,17)12-4-3-9(14)7-11(12)13/h3-4,7,10H,2,5-6,8,14H2,1H3. The molecule has 1 heterocycles. The van der Waals surface area contributed by atoms with Crippen LogP contribution in [0.1, 0.15) is 13.3 Å². The molecule has 0 amide bonds. The van der Waals surface area contributed by atoms with E-state index in [9.17, 15) is 8.42 Å². The molecule has 0 saturated carbocycles. The molecule has 2 rings (SSSR count). The van der Waals surface area contributed by atoms with Crippen molar-refractivity contribution >= 4 is 39.1 Å². The summed E-state index contributed by atoms with van der Waals surface area (Å²) in [5.41, 5.74) is 6.06. The normalized spacial score (nSPS) is 21.5. The van der Waals surface area contributed by atoms with Crippen LogP contribution in [-0.4, -0.2) is 36.8 Å². The predicted octanol–water partition coefficient (Wildman–Crippen LogP) is 2.44. The van der Waals surface area contributed by atoms with Gasteiger partial charge >= 0.3 is 0 Å². The Balaban J connectivity index is 2.31. The number of halogens is 1. The zero-order chi connectivity index (χ0) is 14.0. The van der Waals surface area contributed by atoms with Crippen molar-refractivity contribution in [2.24, 2.45) is 0 Å². The molecular weight excluding hydrogens is 304 g/mol. The Morgan fingerprint density at radius 2 is 2.26 bits per heavy atom. The molecule has 1 aliphatic rings. The number of benzene rings is 1. The van der Waals surface area contributed by atoms with Crippen LogP contribution in [-0.2, 0) is 10.0 Å². The van der Waals surface area contributed by atoms with Gasteiger partial charge in [-0.05, 0) is 24.6 Å².